The molecule has 1 saturated heterocycles. The van der Waals surface area contributed by atoms with Crippen LogP contribution in [0.3, 0.4) is 0 Å². The first-order chi connectivity index (χ1) is 14.4. The summed E-state index contributed by atoms with van der Waals surface area (Å²) < 4.78 is 0. The first-order valence-corrected chi connectivity index (χ1v) is 11.7. The van der Waals surface area contributed by atoms with Gasteiger partial charge in [0.25, 0.3) is 0 Å². The van der Waals surface area contributed by atoms with Crippen LogP contribution in [0.5, 0.6) is 0 Å². The number of thiazole rings is 1. The van der Waals surface area contributed by atoms with Crippen LogP contribution in [0.2, 0.25) is 0 Å². The SMILES string of the molecule is Cc1cnc(NC(=O)[C@@H]2CC3(CC3)CN2C(=O)C(CC(=O)NO)CC2CCCC2)s1. The first kappa shape index (κ1) is 21.2. The Morgan fingerprint density at radius 1 is 1.33 bits per heavy atom. The van der Waals surface area contributed by atoms with Gasteiger partial charge in [-0.3, -0.25) is 19.6 Å². The molecule has 2 atom stereocenters. The molecule has 0 aromatic carbocycles. The van der Waals surface area contributed by atoms with Crippen molar-refractivity contribution in [3.63, 3.8) is 0 Å². The van der Waals surface area contributed by atoms with Gasteiger partial charge in [0.15, 0.2) is 5.13 Å². The Balaban J connectivity index is 1.50. The van der Waals surface area contributed by atoms with Crippen molar-refractivity contribution in [2.75, 3.05) is 11.9 Å². The van der Waals surface area contributed by atoms with Crippen molar-refractivity contribution in [2.45, 2.75) is 70.8 Å². The highest BCUT2D eigenvalue weighted by molar-refractivity contribution is 7.15. The second-order valence-corrected chi connectivity index (χ2v) is 10.5. The number of carbonyl (C=O) groups is 3. The molecule has 3 fully saturated rings. The molecule has 1 aromatic rings. The van der Waals surface area contributed by atoms with Crippen LogP contribution in [-0.4, -0.2) is 45.4 Å². The molecule has 9 heteroatoms. The van der Waals surface area contributed by atoms with Crippen LogP contribution in [-0.2, 0) is 14.4 Å². The van der Waals surface area contributed by atoms with Gasteiger partial charge >= 0.3 is 0 Å². The highest BCUT2D eigenvalue weighted by Gasteiger charge is 2.55. The summed E-state index contributed by atoms with van der Waals surface area (Å²) in [7, 11) is 0. The summed E-state index contributed by atoms with van der Waals surface area (Å²) in [5, 5.41) is 12.4. The maximum atomic E-state index is 13.5. The molecule has 8 nitrogen and oxygen atoms in total. The second kappa shape index (κ2) is 8.63. The number of rotatable bonds is 7. The Labute approximate surface area is 180 Å². The van der Waals surface area contributed by atoms with E-state index in [4.69, 9.17) is 5.21 Å². The Kier molecular flexibility index (Phi) is 6.11. The maximum absolute atomic E-state index is 13.5. The Bertz CT molecular complexity index is 816. The largest absolute Gasteiger partial charge is 0.330 e. The van der Waals surface area contributed by atoms with E-state index >= 15 is 0 Å². The average molecular weight is 435 g/mol. The molecular weight excluding hydrogens is 404 g/mol. The number of carbonyl (C=O) groups excluding carboxylic acids is 3. The summed E-state index contributed by atoms with van der Waals surface area (Å²) in [6, 6.07) is -0.535. The standard InChI is InChI=1S/C21H30N4O4S/c1-13-11-22-20(30-13)23-18(27)16-10-21(6-7-21)12-25(16)19(28)15(9-17(26)24-29)8-14-4-2-3-5-14/h11,14-16,29H,2-10,12H2,1H3,(H,24,26)(H,22,23,27)/t15?,16-/m0/s1. The number of nitrogens with one attached hydrogen (secondary N) is 2. The number of aromatic nitrogens is 1. The van der Waals surface area contributed by atoms with E-state index in [1.165, 1.54) is 11.3 Å². The fraction of sp³-hybridized carbons (Fsp3) is 0.714. The summed E-state index contributed by atoms with van der Waals surface area (Å²) in [5.41, 5.74) is 1.72. The van der Waals surface area contributed by atoms with E-state index in [2.05, 4.69) is 10.3 Å². The van der Waals surface area contributed by atoms with Crippen LogP contribution in [0.15, 0.2) is 6.20 Å². The summed E-state index contributed by atoms with van der Waals surface area (Å²) in [6.45, 7) is 2.50. The number of likely N-dealkylation sites (tertiary alicyclic amines) is 1. The zero-order valence-electron chi connectivity index (χ0n) is 17.4. The summed E-state index contributed by atoms with van der Waals surface area (Å²) in [6.07, 6.45) is 9.48. The molecule has 1 aliphatic heterocycles. The summed E-state index contributed by atoms with van der Waals surface area (Å²) >= 11 is 1.41. The van der Waals surface area contributed by atoms with Crippen molar-refractivity contribution in [1.82, 2.24) is 15.4 Å². The van der Waals surface area contributed by atoms with Crippen LogP contribution in [0.4, 0.5) is 5.13 Å². The quantitative estimate of drug-likeness (QED) is 0.451. The van der Waals surface area contributed by atoms with Crippen LogP contribution in [0.25, 0.3) is 0 Å². The van der Waals surface area contributed by atoms with Crippen LogP contribution in [0.1, 0.15) is 62.7 Å². The van der Waals surface area contributed by atoms with E-state index in [1.807, 2.05) is 6.92 Å². The highest BCUT2D eigenvalue weighted by Crippen LogP contribution is 2.55. The zero-order valence-corrected chi connectivity index (χ0v) is 18.2. The fourth-order valence-electron chi connectivity index (χ4n) is 5.09. The predicted molar refractivity (Wildman–Crippen MR) is 112 cm³/mol. The first-order valence-electron chi connectivity index (χ1n) is 10.9. The molecule has 1 aromatic heterocycles. The second-order valence-electron chi connectivity index (χ2n) is 9.27. The lowest BCUT2D eigenvalue weighted by molar-refractivity contribution is -0.144. The van der Waals surface area contributed by atoms with Crippen molar-refractivity contribution < 1.29 is 19.6 Å². The van der Waals surface area contributed by atoms with Crippen molar-refractivity contribution in [3.05, 3.63) is 11.1 Å². The molecule has 2 aliphatic carbocycles. The molecule has 2 saturated carbocycles. The number of anilines is 1. The highest BCUT2D eigenvalue weighted by atomic mass is 32.1. The van der Waals surface area contributed by atoms with E-state index in [0.29, 0.717) is 30.4 Å². The molecule has 0 radical (unpaired) electrons. The average Bonchev–Trinajstić information content (AvgIpc) is 3.08. The zero-order chi connectivity index (χ0) is 21.3. The maximum Gasteiger partial charge on any atom is 0.248 e. The number of hydrogen-bond acceptors (Lipinski definition) is 6. The smallest absolute Gasteiger partial charge is 0.248 e. The molecular formula is C21H30N4O4S. The molecule has 3 aliphatic rings. The van der Waals surface area contributed by atoms with Crippen LogP contribution >= 0.6 is 11.3 Å². The predicted octanol–water partition coefficient (Wildman–Crippen LogP) is 2.86. The van der Waals surface area contributed by atoms with Crippen molar-refractivity contribution in [2.24, 2.45) is 17.3 Å². The third-order valence-electron chi connectivity index (χ3n) is 6.90. The third kappa shape index (κ3) is 4.67. The molecule has 3 amide bonds. The third-order valence-corrected chi connectivity index (χ3v) is 7.73. The monoisotopic (exact) mass is 434 g/mol. The minimum atomic E-state index is -0.550. The number of hydrogen-bond donors (Lipinski definition) is 3. The number of hydroxylamine groups is 1. The minimum Gasteiger partial charge on any atom is -0.330 e. The molecule has 1 unspecified atom stereocenters. The number of nitrogens with zero attached hydrogens (tertiary/aromatic N) is 2. The van der Waals surface area contributed by atoms with Crippen molar-refractivity contribution in [1.29, 1.82) is 0 Å². The van der Waals surface area contributed by atoms with Gasteiger partial charge in [-0.1, -0.05) is 25.7 Å². The summed E-state index contributed by atoms with van der Waals surface area (Å²) in [4.78, 5) is 45.4. The lowest BCUT2D eigenvalue weighted by atomic mass is 9.89. The van der Waals surface area contributed by atoms with Gasteiger partial charge < -0.3 is 10.2 Å². The summed E-state index contributed by atoms with van der Waals surface area (Å²) in [5.74, 6) is -0.969. The molecule has 3 N–H and O–H groups in total. The van der Waals surface area contributed by atoms with E-state index in [-0.39, 0.29) is 23.7 Å². The minimum absolute atomic E-state index is 0.0463. The van der Waals surface area contributed by atoms with E-state index in [9.17, 15) is 14.4 Å². The normalized spacial score (nSPS) is 23.5. The lowest BCUT2D eigenvalue weighted by Crippen LogP contribution is -2.46. The van der Waals surface area contributed by atoms with Gasteiger partial charge in [0.1, 0.15) is 6.04 Å². The Morgan fingerprint density at radius 3 is 2.67 bits per heavy atom. The van der Waals surface area contributed by atoms with Gasteiger partial charge in [0.05, 0.1) is 0 Å². The van der Waals surface area contributed by atoms with E-state index in [1.54, 1.807) is 16.6 Å². The lowest BCUT2D eigenvalue weighted by Gasteiger charge is -2.29. The Hall–Kier alpha value is -2.00. The molecule has 0 bridgehead atoms. The van der Waals surface area contributed by atoms with Crippen LogP contribution in [0, 0.1) is 24.2 Å². The van der Waals surface area contributed by atoms with Crippen molar-refractivity contribution >= 4 is 34.2 Å². The van der Waals surface area contributed by atoms with Crippen molar-refractivity contribution in [3.8, 4) is 0 Å². The van der Waals surface area contributed by atoms with Gasteiger partial charge in [-0.2, -0.15) is 0 Å². The van der Waals surface area contributed by atoms with E-state index < -0.39 is 17.9 Å². The fourth-order valence-corrected chi connectivity index (χ4v) is 5.75. The van der Waals surface area contributed by atoms with Gasteiger partial charge in [-0.05, 0) is 43.9 Å². The molecule has 30 heavy (non-hydrogen) atoms. The molecule has 2 heterocycles. The number of amides is 3. The van der Waals surface area contributed by atoms with Crippen LogP contribution < -0.4 is 10.8 Å². The molecule has 164 valence electrons. The number of aryl methyl sites for hydroxylation is 1. The topological polar surface area (TPSA) is 112 Å². The van der Waals surface area contributed by atoms with Gasteiger partial charge in [0, 0.05) is 30.0 Å². The van der Waals surface area contributed by atoms with E-state index in [0.717, 1.165) is 43.4 Å². The van der Waals surface area contributed by atoms with Gasteiger partial charge in [0.2, 0.25) is 17.7 Å². The molecule has 1 spiro atoms. The van der Waals surface area contributed by atoms with Gasteiger partial charge in [-0.25, -0.2) is 10.5 Å². The molecule has 4 rings (SSSR count). The Morgan fingerprint density at radius 2 is 2.07 bits per heavy atom. The van der Waals surface area contributed by atoms with Gasteiger partial charge in [-0.15, -0.1) is 11.3 Å².